The van der Waals surface area contributed by atoms with Gasteiger partial charge in [-0.2, -0.15) is 0 Å². The molecule has 116 valence electrons. The number of phenols is 1. The molecule has 0 unspecified atom stereocenters. The van der Waals surface area contributed by atoms with Crippen molar-refractivity contribution in [3.63, 3.8) is 0 Å². The second-order valence-corrected chi connectivity index (χ2v) is 6.45. The van der Waals surface area contributed by atoms with Gasteiger partial charge in [0, 0.05) is 0 Å². The van der Waals surface area contributed by atoms with Crippen LogP contribution in [0.4, 0.5) is 0 Å². The molecular formula is C15H14NO4S2-. The lowest BCUT2D eigenvalue weighted by Crippen LogP contribution is -2.49. The Hall–Kier alpha value is -1.86. The Morgan fingerprint density at radius 2 is 2.27 bits per heavy atom. The van der Waals surface area contributed by atoms with E-state index in [-0.39, 0.29) is 16.5 Å². The number of carboxylic acid groups (broad SMARTS) is 1. The number of hydrogen-bond acceptors (Lipinski definition) is 6. The first kappa shape index (κ1) is 16.5. The molecule has 2 rings (SSSR count). The number of phenolic OH excluding ortho intramolecular Hbond substituents is 1. The van der Waals surface area contributed by atoms with E-state index in [0.29, 0.717) is 16.9 Å². The number of carbonyl (C=O) groups excluding carboxylic acids is 2. The van der Waals surface area contributed by atoms with Gasteiger partial charge in [0.05, 0.1) is 16.9 Å². The van der Waals surface area contributed by atoms with E-state index in [2.05, 4.69) is 0 Å². The van der Waals surface area contributed by atoms with Crippen LogP contribution in [-0.4, -0.2) is 32.2 Å². The number of aromatic hydroxyl groups is 1. The van der Waals surface area contributed by atoms with Gasteiger partial charge < -0.3 is 15.0 Å². The van der Waals surface area contributed by atoms with Gasteiger partial charge in [-0.1, -0.05) is 49.5 Å². The second kappa shape index (κ2) is 6.93. The van der Waals surface area contributed by atoms with Crippen LogP contribution < -0.4 is 5.11 Å². The molecule has 1 fully saturated rings. The SMILES string of the molecule is CCC[C@@H](C(=O)[O-])N1C(=O)/C(=C/c2cccc(O)c2)SC1=S. The Kier molecular flexibility index (Phi) is 5.20. The third-order valence-electron chi connectivity index (χ3n) is 3.14. The smallest absolute Gasteiger partial charge is 0.266 e. The Morgan fingerprint density at radius 1 is 1.55 bits per heavy atom. The van der Waals surface area contributed by atoms with E-state index in [1.807, 2.05) is 6.92 Å². The molecule has 1 aromatic carbocycles. The summed E-state index contributed by atoms with van der Waals surface area (Å²) in [5, 5.41) is 20.7. The van der Waals surface area contributed by atoms with Crippen LogP contribution in [-0.2, 0) is 9.59 Å². The molecule has 1 heterocycles. The Bertz CT molecular complexity index is 657. The van der Waals surface area contributed by atoms with Crippen molar-refractivity contribution in [2.75, 3.05) is 0 Å². The molecule has 0 bridgehead atoms. The maximum atomic E-state index is 12.4. The molecule has 22 heavy (non-hydrogen) atoms. The fourth-order valence-electron chi connectivity index (χ4n) is 2.14. The number of aliphatic carboxylic acids is 1. The zero-order chi connectivity index (χ0) is 16.3. The van der Waals surface area contributed by atoms with Gasteiger partial charge in [-0.25, -0.2) is 0 Å². The number of carboxylic acids is 1. The maximum Gasteiger partial charge on any atom is 0.266 e. The van der Waals surface area contributed by atoms with Crippen LogP contribution in [0.2, 0.25) is 0 Å². The minimum Gasteiger partial charge on any atom is -0.548 e. The van der Waals surface area contributed by atoms with Gasteiger partial charge in [-0.05, 0) is 30.2 Å². The lowest BCUT2D eigenvalue weighted by molar-refractivity contribution is -0.310. The monoisotopic (exact) mass is 336 g/mol. The average molecular weight is 336 g/mol. The summed E-state index contributed by atoms with van der Waals surface area (Å²) in [5.74, 6) is -1.67. The summed E-state index contributed by atoms with van der Waals surface area (Å²) in [5.41, 5.74) is 0.640. The zero-order valence-corrected chi connectivity index (χ0v) is 13.4. The van der Waals surface area contributed by atoms with Crippen LogP contribution in [0.5, 0.6) is 5.75 Å². The van der Waals surface area contributed by atoms with Crippen molar-refractivity contribution in [3.8, 4) is 5.75 Å². The quantitative estimate of drug-likeness (QED) is 0.648. The Labute approximate surface area is 137 Å². The molecule has 0 spiro atoms. The van der Waals surface area contributed by atoms with Crippen LogP contribution in [0.1, 0.15) is 25.3 Å². The van der Waals surface area contributed by atoms with E-state index >= 15 is 0 Å². The van der Waals surface area contributed by atoms with E-state index in [1.54, 1.807) is 18.2 Å². The maximum absolute atomic E-state index is 12.4. The summed E-state index contributed by atoms with van der Waals surface area (Å²) in [6.45, 7) is 1.83. The van der Waals surface area contributed by atoms with Gasteiger partial charge in [0.25, 0.3) is 5.91 Å². The Morgan fingerprint density at radius 3 is 2.86 bits per heavy atom. The molecule has 1 atom stereocenters. The first-order valence-corrected chi connectivity index (χ1v) is 7.93. The molecule has 7 heteroatoms. The molecule has 1 aliphatic heterocycles. The van der Waals surface area contributed by atoms with E-state index in [0.717, 1.165) is 16.7 Å². The highest BCUT2D eigenvalue weighted by Crippen LogP contribution is 2.35. The van der Waals surface area contributed by atoms with Crippen molar-refractivity contribution in [2.45, 2.75) is 25.8 Å². The standard InChI is InChI=1S/C15H15NO4S2/c1-2-4-11(14(19)20)16-13(18)12(22-15(16)21)8-9-5-3-6-10(17)7-9/h3,5-8,11,17H,2,4H2,1H3,(H,19,20)/p-1/b12-8-/t11-/m0/s1. The van der Waals surface area contributed by atoms with Crippen molar-refractivity contribution in [1.29, 1.82) is 0 Å². The number of amides is 1. The van der Waals surface area contributed by atoms with Crippen LogP contribution in [0.25, 0.3) is 6.08 Å². The Balaban J connectivity index is 2.30. The van der Waals surface area contributed by atoms with E-state index in [1.165, 1.54) is 12.1 Å². The fourth-order valence-corrected chi connectivity index (χ4v) is 3.50. The molecule has 1 saturated heterocycles. The fraction of sp³-hybridized carbons (Fsp3) is 0.267. The lowest BCUT2D eigenvalue weighted by atomic mass is 10.1. The molecule has 1 aliphatic rings. The highest BCUT2D eigenvalue weighted by Gasteiger charge is 2.37. The topological polar surface area (TPSA) is 80.7 Å². The highest BCUT2D eigenvalue weighted by atomic mass is 32.2. The summed E-state index contributed by atoms with van der Waals surface area (Å²) in [4.78, 5) is 25.1. The van der Waals surface area contributed by atoms with E-state index in [4.69, 9.17) is 12.2 Å². The number of benzene rings is 1. The molecule has 1 amide bonds. The normalized spacial score (nSPS) is 18.0. The molecule has 1 N–H and O–H groups in total. The second-order valence-electron chi connectivity index (χ2n) is 4.77. The average Bonchev–Trinajstić information content (AvgIpc) is 2.71. The molecule has 0 radical (unpaired) electrons. The predicted octanol–water partition coefficient (Wildman–Crippen LogP) is 1.51. The summed E-state index contributed by atoms with van der Waals surface area (Å²) < 4.78 is 0.207. The first-order chi connectivity index (χ1) is 10.4. The number of thiocarbonyl (C=S) groups is 1. The van der Waals surface area contributed by atoms with Crippen molar-refractivity contribution >= 4 is 46.3 Å². The number of hydrogen-bond donors (Lipinski definition) is 1. The van der Waals surface area contributed by atoms with Gasteiger partial charge in [0.15, 0.2) is 0 Å². The number of nitrogens with zero attached hydrogens (tertiary/aromatic N) is 1. The number of rotatable bonds is 5. The number of thioether (sulfide) groups is 1. The van der Waals surface area contributed by atoms with Gasteiger partial charge in [-0.15, -0.1) is 0 Å². The van der Waals surface area contributed by atoms with Crippen molar-refractivity contribution in [2.24, 2.45) is 0 Å². The van der Waals surface area contributed by atoms with Gasteiger partial charge in [0.1, 0.15) is 10.1 Å². The lowest BCUT2D eigenvalue weighted by Gasteiger charge is -2.27. The summed E-state index contributed by atoms with van der Waals surface area (Å²) in [7, 11) is 0. The van der Waals surface area contributed by atoms with Crippen LogP contribution in [0.3, 0.4) is 0 Å². The van der Waals surface area contributed by atoms with Gasteiger partial charge in [0.2, 0.25) is 0 Å². The first-order valence-electron chi connectivity index (χ1n) is 6.71. The zero-order valence-electron chi connectivity index (χ0n) is 11.8. The molecule has 0 aromatic heterocycles. The van der Waals surface area contributed by atoms with E-state index in [9.17, 15) is 19.8 Å². The minimum atomic E-state index is -1.31. The molecular weight excluding hydrogens is 322 g/mol. The largest absolute Gasteiger partial charge is 0.548 e. The van der Waals surface area contributed by atoms with Crippen LogP contribution in [0, 0.1) is 0 Å². The van der Waals surface area contributed by atoms with Crippen molar-refractivity contribution < 1.29 is 19.8 Å². The van der Waals surface area contributed by atoms with Crippen LogP contribution in [0.15, 0.2) is 29.2 Å². The van der Waals surface area contributed by atoms with Gasteiger partial charge >= 0.3 is 0 Å². The van der Waals surface area contributed by atoms with Crippen molar-refractivity contribution in [3.05, 3.63) is 34.7 Å². The molecule has 1 aromatic rings. The van der Waals surface area contributed by atoms with Crippen molar-refractivity contribution in [1.82, 2.24) is 4.90 Å². The summed E-state index contributed by atoms with van der Waals surface area (Å²) >= 11 is 6.18. The highest BCUT2D eigenvalue weighted by molar-refractivity contribution is 8.26. The summed E-state index contributed by atoms with van der Waals surface area (Å²) in [6.07, 6.45) is 2.47. The molecule has 0 aliphatic carbocycles. The van der Waals surface area contributed by atoms with Gasteiger partial charge in [-0.3, -0.25) is 9.69 Å². The number of carbonyl (C=O) groups is 2. The molecule has 0 saturated carbocycles. The third kappa shape index (κ3) is 3.48. The van der Waals surface area contributed by atoms with E-state index < -0.39 is 17.9 Å². The minimum absolute atomic E-state index is 0.0859. The summed E-state index contributed by atoms with van der Waals surface area (Å²) in [6, 6.07) is 5.37. The molecule has 5 nitrogen and oxygen atoms in total. The third-order valence-corrected chi connectivity index (χ3v) is 4.47. The van der Waals surface area contributed by atoms with Crippen LogP contribution >= 0.6 is 24.0 Å². The predicted molar refractivity (Wildman–Crippen MR) is 86.8 cm³/mol.